The highest BCUT2D eigenvalue weighted by Crippen LogP contribution is 2.31. The van der Waals surface area contributed by atoms with Gasteiger partial charge in [-0.1, -0.05) is 80.4 Å². The Kier molecular flexibility index (Phi) is 7.23. The number of carbonyl (C=O) groups is 1. The van der Waals surface area contributed by atoms with Crippen LogP contribution in [0.1, 0.15) is 11.1 Å². The highest BCUT2D eigenvalue weighted by molar-refractivity contribution is 9.10. The molecule has 0 bridgehead atoms. The standard InChI is InChI=1S/C27H18Br2N2O2/c28-21-10-12-22(13-11-21)31-27(32)20(16-30)15-24-23-7-3-1-5-18(23)9-14-26(24)33-17-19-6-2-4-8-25(19)29/h1-15H,17H2,(H,31,32)/b20-15+. The van der Waals surface area contributed by atoms with Crippen molar-refractivity contribution in [2.75, 3.05) is 5.32 Å². The molecule has 0 aromatic heterocycles. The van der Waals surface area contributed by atoms with Crippen LogP contribution in [0.4, 0.5) is 5.69 Å². The summed E-state index contributed by atoms with van der Waals surface area (Å²) in [6.07, 6.45) is 1.59. The van der Waals surface area contributed by atoms with Gasteiger partial charge in [0.25, 0.3) is 5.91 Å². The highest BCUT2D eigenvalue weighted by Gasteiger charge is 2.14. The van der Waals surface area contributed by atoms with E-state index in [-0.39, 0.29) is 5.57 Å². The molecule has 0 saturated heterocycles. The number of anilines is 1. The molecule has 6 heteroatoms. The molecule has 0 radical (unpaired) electrons. The van der Waals surface area contributed by atoms with Crippen LogP contribution in [0.3, 0.4) is 0 Å². The molecule has 0 heterocycles. The second-order valence-corrected chi connectivity index (χ2v) is 8.98. The lowest BCUT2D eigenvalue weighted by Crippen LogP contribution is -2.13. The summed E-state index contributed by atoms with van der Waals surface area (Å²) in [6.45, 7) is 0.341. The summed E-state index contributed by atoms with van der Waals surface area (Å²) in [5.74, 6) is 0.109. The number of halogens is 2. The smallest absolute Gasteiger partial charge is 0.266 e. The van der Waals surface area contributed by atoms with E-state index in [1.54, 1.807) is 18.2 Å². The first-order valence-corrected chi connectivity index (χ1v) is 11.7. The van der Waals surface area contributed by atoms with Gasteiger partial charge in [-0.15, -0.1) is 0 Å². The lowest BCUT2D eigenvalue weighted by molar-refractivity contribution is -0.112. The van der Waals surface area contributed by atoms with Crippen LogP contribution < -0.4 is 10.1 Å². The van der Waals surface area contributed by atoms with Crippen LogP contribution in [0, 0.1) is 11.3 Å². The molecule has 4 nitrogen and oxygen atoms in total. The molecule has 4 aromatic carbocycles. The minimum Gasteiger partial charge on any atom is -0.488 e. The second kappa shape index (κ2) is 10.5. The van der Waals surface area contributed by atoms with Gasteiger partial charge in [-0.2, -0.15) is 5.26 Å². The summed E-state index contributed by atoms with van der Waals surface area (Å²) in [5, 5.41) is 14.4. The molecule has 0 aliphatic heterocycles. The lowest BCUT2D eigenvalue weighted by Gasteiger charge is -2.13. The van der Waals surface area contributed by atoms with Crippen molar-refractivity contribution in [1.29, 1.82) is 5.26 Å². The van der Waals surface area contributed by atoms with Crippen LogP contribution in [-0.2, 0) is 11.4 Å². The number of hydrogen-bond donors (Lipinski definition) is 1. The van der Waals surface area contributed by atoms with E-state index >= 15 is 0 Å². The SMILES string of the molecule is N#C/C(=C\c1c(OCc2ccccc2Br)ccc2ccccc12)C(=O)Nc1ccc(Br)cc1. The Bertz CT molecular complexity index is 1390. The molecule has 4 rings (SSSR count). The molecule has 0 aliphatic rings. The fourth-order valence-electron chi connectivity index (χ4n) is 3.35. The minimum absolute atomic E-state index is 0.0139. The van der Waals surface area contributed by atoms with E-state index in [4.69, 9.17) is 4.74 Å². The van der Waals surface area contributed by atoms with E-state index in [1.165, 1.54) is 0 Å². The zero-order valence-electron chi connectivity index (χ0n) is 17.4. The lowest BCUT2D eigenvalue weighted by atomic mass is 10.0. The third-order valence-electron chi connectivity index (χ3n) is 5.03. The van der Waals surface area contributed by atoms with Gasteiger partial charge in [0.1, 0.15) is 24.0 Å². The Morgan fingerprint density at radius 2 is 1.67 bits per heavy atom. The highest BCUT2D eigenvalue weighted by atomic mass is 79.9. The molecule has 0 aliphatic carbocycles. The number of nitrogens with zero attached hydrogens (tertiary/aromatic N) is 1. The quantitative estimate of drug-likeness (QED) is 0.196. The van der Waals surface area contributed by atoms with Gasteiger partial charge in [0.05, 0.1) is 0 Å². The number of amides is 1. The molecule has 0 fully saturated rings. The summed E-state index contributed by atoms with van der Waals surface area (Å²) in [4.78, 5) is 12.8. The normalized spacial score (nSPS) is 11.1. The Morgan fingerprint density at radius 1 is 0.939 bits per heavy atom. The predicted molar refractivity (Wildman–Crippen MR) is 139 cm³/mol. The van der Waals surface area contributed by atoms with Crippen LogP contribution in [0.2, 0.25) is 0 Å². The largest absolute Gasteiger partial charge is 0.488 e. The summed E-state index contributed by atoms with van der Waals surface area (Å²) in [5.41, 5.74) is 2.27. The molecular formula is C27H18Br2N2O2. The van der Waals surface area contributed by atoms with E-state index in [9.17, 15) is 10.1 Å². The number of benzene rings is 4. The van der Waals surface area contributed by atoms with Gasteiger partial charge in [0, 0.05) is 25.8 Å². The van der Waals surface area contributed by atoms with Crippen LogP contribution >= 0.6 is 31.9 Å². The first-order chi connectivity index (χ1) is 16.0. The molecular weight excluding hydrogens is 544 g/mol. The average molecular weight is 562 g/mol. The van der Waals surface area contributed by atoms with Gasteiger partial charge in [-0.3, -0.25) is 4.79 Å². The zero-order chi connectivity index (χ0) is 23.2. The maximum absolute atomic E-state index is 12.8. The fourth-order valence-corrected chi connectivity index (χ4v) is 4.01. The minimum atomic E-state index is -0.482. The van der Waals surface area contributed by atoms with Crippen molar-refractivity contribution in [2.45, 2.75) is 6.61 Å². The van der Waals surface area contributed by atoms with E-state index in [0.29, 0.717) is 23.6 Å². The van der Waals surface area contributed by atoms with Crippen molar-refractivity contribution in [3.05, 3.63) is 111 Å². The Labute approximate surface area is 208 Å². The fraction of sp³-hybridized carbons (Fsp3) is 0.0370. The van der Waals surface area contributed by atoms with Gasteiger partial charge in [0.15, 0.2) is 0 Å². The van der Waals surface area contributed by atoms with Crippen molar-refractivity contribution in [1.82, 2.24) is 0 Å². The molecule has 4 aromatic rings. The maximum Gasteiger partial charge on any atom is 0.266 e. The van der Waals surface area contributed by atoms with Crippen molar-refractivity contribution in [2.24, 2.45) is 0 Å². The molecule has 0 spiro atoms. The molecule has 1 amide bonds. The summed E-state index contributed by atoms with van der Waals surface area (Å²) >= 11 is 6.92. The first kappa shape index (κ1) is 22.8. The number of hydrogen-bond acceptors (Lipinski definition) is 3. The number of ether oxygens (including phenoxy) is 1. The van der Waals surface area contributed by atoms with Gasteiger partial charge < -0.3 is 10.1 Å². The summed E-state index contributed by atoms with van der Waals surface area (Å²) in [7, 11) is 0. The molecule has 0 unspecified atom stereocenters. The van der Waals surface area contributed by atoms with Crippen LogP contribution in [-0.4, -0.2) is 5.91 Å². The van der Waals surface area contributed by atoms with E-state index in [1.807, 2.05) is 78.9 Å². The molecule has 33 heavy (non-hydrogen) atoms. The third-order valence-corrected chi connectivity index (χ3v) is 6.33. The van der Waals surface area contributed by atoms with Crippen molar-refractivity contribution in [3.8, 4) is 11.8 Å². The summed E-state index contributed by atoms with van der Waals surface area (Å²) < 4.78 is 8.00. The second-order valence-electron chi connectivity index (χ2n) is 7.21. The van der Waals surface area contributed by atoms with Crippen molar-refractivity contribution >= 4 is 60.3 Å². The zero-order valence-corrected chi connectivity index (χ0v) is 20.6. The van der Waals surface area contributed by atoms with E-state index in [2.05, 4.69) is 37.2 Å². The molecule has 1 N–H and O–H groups in total. The monoisotopic (exact) mass is 560 g/mol. The maximum atomic E-state index is 12.8. The van der Waals surface area contributed by atoms with Gasteiger partial charge in [-0.25, -0.2) is 0 Å². The molecule has 162 valence electrons. The topological polar surface area (TPSA) is 62.1 Å². The van der Waals surface area contributed by atoms with Crippen LogP contribution in [0.15, 0.2) is 99.4 Å². The number of carbonyl (C=O) groups excluding carboxylic acids is 1. The molecule has 0 atom stereocenters. The Morgan fingerprint density at radius 3 is 2.42 bits per heavy atom. The Hall–Kier alpha value is -3.40. The van der Waals surface area contributed by atoms with Crippen LogP contribution in [0.25, 0.3) is 16.8 Å². The number of fused-ring (bicyclic) bond motifs is 1. The number of nitrogens with one attached hydrogen (secondary N) is 1. The first-order valence-electron chi connectivity index (χ1n) is 10.1. The average Bonchev–Trinajstić information content (AvgIpc) is 2.83. The Balaban J connectivity index is 1.70. The van der Waals surface area contributed by atoms with Gasteiger partial charge in [-0.05, 0) is 53.2 Å². The van der Waals surface area contributed by atoms with E-state index in [0.717, 1.165) is 25.3 Å². The van der Waals surface area contributed by atoms with Crippen LogP contribution in [0.5, 0.6) is 5.75 Å². The molecule has 0 saturated carbocycles. The third kappa shape index (κ3) is 5.51. The number of nitriles is 1. The predicted octanol–water partition coefficient (Wildman–Crippen LogP) is 7.49. The van der Waals surface area contributed by atoms with E-state index < -0.39 is 5.91 Å². The number of rotatable bonds is 6. The van der Waals surface area contributed by atoms with Gasteiger partial charge >= 0.3 is 0 Å². The van der Waals surface area contributed by atoms with Crippen molar-refractivity contribution in [3.63, 3.8) is 0 Å². The summed E-state index contributed by atoms with van der Waals surface area (Å²) in [6, 6.07) is 28.7. The van der Waals surface area contributed by atoms with Crippen molar-refractivity contribution < 1.29 is 9.53 Å². The van der Waals surface area contributed by atoms with Gasteiger partial charge in [0.2, 0.25) is 0 Å².